The van der Waals surface area contributed by atoms with Crippen molar-refractivity contribution in [3.05, 3.63) is 58.6 Å². The number of aromatic hydroxyl groups is 1. The van der Waals surface area contributed by atoms with Gasteiger partial charge in [-0.15, -0.1) is 0 Å². The zero-order valence-corrected chi connectivity index (χ0v) is 10.6. The third kappa shape index (κ3) is 2.16. The highest BCUT2D eigenvalue weighted by Crippen LogP contribution is 2.35. The molecule has 1 unspecified atom stereocenters. The van der Waals surface area contributed by atoms with Gasteiger partial charge in [-0.3, -0.25) is 0 Å². The maximum atomic E-state index is 9.46. The standard InChI is InChI=1S/C15H14ClNO/c16-11-5-6-14-10(8-11)4-7-15(14)17-12-2-1-3-13(18)9-12/h1-3,5-6,8-9,15,17-18H,4,7H2. The lowest BCUT2D eigenvalue weighted by atomic mass is 10.1. The van der Waals surface area contributed by atoms with Crippen LogP contribution in [0.2, 0.25) is 5.02 Å². The Hall–Kier alpha value is -1.67. The van der Waals surface area contributed by atoms with Gasteiger partial charge in [0.05, 0.1) is 6.04 Å². The van der Waals surface area contributed by atoms with Gasteiger partial charge in [0, 0.05) is 16.8 Å². The fourth-order valence-corrected chi connectivity index (χ4v) is 2.73. The van der Waals surface area contributed by atoms with Crippen LogP contribution in [0, 0.1) is 0 Å². The Balaban J connectivity index is 1.85. The van der Waals surface area contributed by atoms with Crippen molar-refractivity contribution in [3.8, 4) is 5.75 Å². The van der Waals surface area contributed by atoms with Crippen molar-refractivity contribution in [1.82, 2.24) is 0 Å². The molecule has 18 heavy (non-hydrogen) atoms. The lowest BCUT2D eigenvalue weighted by molar-refractivity contribution is 0.475. The van der Waals surface area contributed by atoms with Crippen LogP contribution in [0.25, 0.3) is 0 Å². The Morgan fingerprint density at radius 3 is 2.89 bits per heavy atom. The van der Waals surface area contributed by atoms with E-state index in [0.29, 0.717) is 6.04 Å². The van der Waals surface area contributed by atoms with Crippen LogP contribution in [0.5, 0.6) is 5.75 Å². The number of nitrogens with one attached hydrogen (secondary N) is 1. The molecule has 2 nitrogen and oxygen atoms in total. The number of anilines is 1. The molecule has 92 valence electrons. The largest absolute Gasteiger partial charge is 0.508 e. The highest BCUT2D eigenvalue weighted by molar-refractivity contribution is 6.30. The molecule has 0 fully saturated rings. The van der Waals surface area contributed by atoms with E-state index >= 15 is 0 Å². The van der Waals surface area contributed by atoms with Crippen LogP contribution in [0.3, 0.4) is 0 Å². The molecule has 0 amide bonds. The van der Waals surface area contributed by atoms with Gasteiger partial charge >= 0.3 is 0 Å². The minimum absolute atomic E-state index is 0.286. The molecule has 0 bridgehead atoms. The lowest BCUT2D eigenvalue weighted by Gasteiger charge is -2.15. The summed E-state index contributed by atoms with van der Waals surface area (Å²) < 4.78 is 0. The van der Waals surface area contributed by atoms with E-state index in [0.717, 1.165) is 23.6 Å². The van der Waals surface area contributed by atoms with Crippen LogP contribution >= 0.6 is 11.6 Å². The van der Waals surface area contributed by atoms with Gasteiger partial charge in [-0.05, 0) is 48.2 Å². The fourth-order valence-electron chi connectivity index (χ4n) is 2.53. The number of rotatable bonds is 2. The summed E-state index contributed by atoms with van der Waals surface area (Å²) in [5.41, 5.74) is 3.57. The molecule has 2 N–H and O–H groups in total. The molecule has 3 heteroatoms. The molecule has 3 rings (SSSR count). The van der Waals surface area contributed by atoms with E-state index in [1.807, 2.05) is 24.3 Å². The molecule has 0 saturated carbocycles. The Morgan fingerprint density at radius 1 is 1.17 bits per heavy atom. The van der Waals surface area contributed by atoms with Crippen LogP contribution in [0.1, 0.15) is 23.6 Å². The number of aryl methyl sites for hydroxylation is 1. The molecule has 1 aliphatic rings. The van der Waals surface area contributed by atoms with Crippen LogP contribution in [-0.4, -0.2) is 5.11 Å². The molecule has 1 aliphatic carbocycles. The first-order valence-corrected chi connectivity index (χ1v) is 6.44. The van der Waals surface area contributed by atoms with Crippen LogP contribution in [0.15, 0.2) is 42.5 Å². The highest BCUT2D eigenvalue weighted by Gasteiger charge is 2.22. The average molecular weight is 260 g/mol. The second-order valence-corrected chi connectivity index (χ2v) is 5.07. The molecule has 2 aromatic carbocycles. The van der Waals surface area contributed by atoms with Crippen molar-refractivity contribution in [2.45, 2.75) is 18.9 Å². The molecule has 0 spiro atoms. The first-order valence-electron chi connectivity index (χ1n) is 6.06. The van der Waals surface area contributed by atoms with Crippen molar-refractivity contribution in [2.75, 3.05) is 5.32 Å². The molecule has 0 saturated heterocycles. The Kier molecular flexibility index (Phi) is 2.88. The number of benzene rings is 2. The topological polar surface area (TPSA) is 32.3 Å². The average Bonchev–Trinajstić information content (AvgIpc) is 2.72. The molecule has 0 aromatic heterocycles. The normalized spacial score (nSPS) is 17.5. The molecular formula is C15H14ClNO. The fraction of sp³-hybridized carbons (Fsp3) is 0.200. The smallest absolute Gasteiger partial charge is 0.117 e. The number of hydrogen-bond acceptors (Lipinski definition) is 2. The monoisotopic (exact) mass is 259 g/mol. The van der Waals surface area contributed by atoms with Crippen LogP contribution in [0.4, 0.5) is 5.69 Å². The zero-order valence-electron chi connectivity index (χ0n) is 9.86. The zero-order chi connectivity index (χ0) is 12.5. The van der Waals surface area contributed by atoms with E-state index in [1.54, 1.807) is 12.1 Å². The van der Waals surface area contributed by atoms with E-state index in [2.05, 4.69) is 11.4 Å². The summed E-state index contributed by atoms with van der Waals surface area (Å²) in [6, 6.07) is 13.6. The van der Waals surface area contributed by atoms with E-state index in [9.17, 15) is 5.11 Å². The van der Waals surface area contributed by atoms with E-state index in [1.165, 1.54) is 11.1 Å². The van der Waals surface area contributed by atoms with Gasteiger partial charge in [0.25, 0.3) is 0 Å². The number of phenolic OH excluding ortho intramolecular Hbond substituents is 1. The minimum Gasteiger partial charge on any atom is -0.508 e. The van der Waals surface area contributed by atoms with Gasteiger partial charge < -0.3 is 10.4 Å². The number of hydrogen-bond donors (Lipinski definition) is 2. The van der Waals surface area contributed by atoms with E-state index in [-0.39, 0.29) is 5.75 Å². The number of halogens is 1. The molecule has 0 aliphatic heterocycles. The maximum absolute atomic E-state index is 9.46. The van der Waals surface area contributed by atoms with Gasteiger partial charge in [0.15, 0.2) is 0 Å². The SMILES string of the molecule is Oc1cccc(NC2CCc3cc(Cl)ccc32)c1. The summed E-state index contributed by atoms with van der Waals surface area (Å²) in [4.78, 5) is 0. The second-order valence-electron chi connectivity index (χ2n) is 4.63. The van der Waals surface area contributed by atoms with Gasteiger partial charge in [-0.2, -0.15) is 0 Å². The minimum atomic E-state index is 0.286. The summed E-state index contributed by atoms with van der Waals surface area (Å²) in [7, 11) is 0. The van der Waals surface area contributed by atoms with E-state index in [4.69, 9.17) is 11.6 Å². The van der Waals surface area contributed by atoms with Crippen molar-refractivity contribution in [1.29, 1.82) is 0 Å². The third-order valence-corrected chi connectivity index (χ3v) is 3.60. The van der Waals surface area contributed by atoms with Gasteiger partial charge in [0.1, 0.15) is 5.75 Å². The van der Waals surface area contributed by atoms with Crippen LogP contribution < -0.4 is 5.32 Å². The quantitative estimate of drug-likeness (QED) is 0.849. The molecule has 0 heterocycles. The second kappa shape index (κ2) is 4.54. The number of phenols is 1. The summed E-state index contributed by atoms with van der Waals surface area (Å²) in [6.07, 6.45) is 2.11. The van der Waals surface area contributed by atoms with Gasteiger partial charge in [-0.25, -0.2) is 0 Å². The molecule has 1 atom stereocenters. The Labute approximate surface area is 111 Å². The van der Waals surface area contributed by atoms with Crippen molar-refractivity contribution in [3.63, 3.8) is 0 Å². The van der Waals surface area contributed by atoms with Crippen molar-refractivity contribution < 1.29 is 5.11 Å². The summed E-state index contributed by atoms with van der Waals surface area (Å²) in [5.74, 6) is 0.286. The molecular weight excluding hydrogens is 246 g/mol. The van der Waals surface area contributed by atoms with Crippen molar-refractivity contribution >= 4 is 17.3 Å². The molecule has 0 radical (unpaired) electrons. The predicted octanol–water partition coefficient (Wildman–Crippen LogP) is 4.15. The summed E-state index contributed by atoms with van der Waals surface area (Å²) in [6.45, 7) is 0. The Morgan fingerprint density at radius 2 is 2.06 bits per heavy atom. The predicted molar refractivity (Wildman–Crippen MR) is 74.2 cm³/mol. The first-order chi connectivity index (χ1) is 8.72. The first kappa shape index (κ1) is 11.4. The van der Waals surface area contributed by atoms with Gasteiger partial charge in [0.2, 0.25) is 0 Å². The van der Waals surface area contributed by atoms with E-state index < -0.39 is 0 Å². The molecule has 2 aromatic rings. The van der Waals surface area contributed by atoms with Crippen molar-refractivity contribution in [2.24, 2.45) is 0 Å². The van der Waals surface area contributed by atoms with Gasteiger partial charge in [-0.1, -0.05) is 23.7 Å². The summed E-state index contributed by atoms with van der Waals surface area (Å²) >= 11 is 6.00. The maximum Gasteiger partial charge on any atom is 0.117 e. The summed E-state index contributed by atoms with van der Waals surface area (Å²) in [5, 5.41) is 13.7. The Bertz CT molecular complexity index is 582. The lowest BCUT2D eigenvalue weighted by Crippen LogP contribution is -2.06. The third-order valence-electron chi connectivity index (χ3n) is 3.37. The number of fused-ring (bicyclic) bond motifs is 1. The highest BCUT2D eigenvalue weighted by atomic mass is 35.5. The van der Waals surface area contributed by atoms with Crippen LogP contribution in [-0.2, 0) is 6.42 Å².